The maximum Gasteiger partial charge on any atom is 0.243 e. The highest BCUT2D eigenvalue weighted by atomic mass is 32.2. The van der Waals surface area contributed by atoms with Crippen LogP contribution in [0.25, 0.3) is 0 Å². The Labute approximate surface area is 276 Å². The number of sulfone groups is 1. The average Bonchev–Trinajstić information content (AvgIpc) is 3.03. The Kier molecular flexibility index (Phi) is 10.6. The summed E-state index contributed by atoms with van der Waals surface area (Å²) in [4.78, 5) is 17.1. The number of sulfonamides is 1. The molecule has 2 atom stereocenters. The molecule has 48 heavy (non-hydrogen) atoms. The van der Waals surface area contributed by atoms with E-state index in [0.717, 1.165) is 24.6 Å². The van der Waals surface area contributed by atoms with E-state index < -0.39 is 61.0 Å². The Bertz CT molecular complexity index is 1990. The number of nitrogens with zero attached hydrogens (tertiary/aromatic N) is 2. The fourth-order valence-electron chi connectivity index (χ4n) is 5.72. The number of aromatic nitrogens is 1. The molecule has 15 heteroatoms. The van der Waals surface area contributed by atoms with Gasteiger partial charge in [0.25, 0.3) is 0 Å². The van der Waals surface area contributed by atoms with E-state index in [9.17, 15) is 34.8 Å². The van der Waals surface area contributed by atoms with Gasteiger partial charge in [0, 0.05) is 55.9 Å². The Hall–Kier alpha value is -4.18. The second kappa shape index (κ2) is 14.5. The molecule has 0 unspecified atom stereocenters. The number of halogens is 4. The number of anilines is 1. The van der Waals surface area contributed by atoms with Crippen molar-refractivity contribution < 1.29 is 39.2 Å². The second-order valence-electron chi connectivity index (χ2n) is 11.5. The molecule has 2 N–H and O–H groups in total. The highest BCUT2D eigenvalue weighted by Gasteiger charge is 2.34. The van der Waals surface area contributed by atoms with Crippen molar-refractivity contribution in [1.82, 2.24) is 14.6 Å². The van der Waals surface area contributed by atoms with E-state index in [1.165, 1.54) is 59.0 Å². The van der Waals surface area contributed by atoms with Crippen LogP contribution < -0.4 is 10.6 Å². The summed E-state index contributed by atoms with van der Waals surface area (Å²) in [5.41, 5.74) is 0.682. The summed E-state index contributed by atoms with van der Waals surface area (Å²) in [6.45, 7) is 0.750. The lowest BCUT2D eigenvalue weighted by Gasteiger charge is -2.35. The molecule has 0 spiro atoms. The zero-order chi connectivity index (χ0) is 34.6. The van der Waals surface area contributed by atoms with Crippen molar-refractivity contribution in [1.29, 1.82) is 0 Å². The molecule has 2 heterocycles. The minimum absolute atomic E-state index is 0.00580. The van der Waals surface area contributed by atoms with Gasteiger partial charge in [-0.25, -0.2) is 34.4 Å². The van der Waals surface area contributed by atoms with E-state index in [-0.39, 0.29) is 59.0 Å². The first-order valence-corrected chi connectivity index (χ1v) is 18.2. The second-order valence-corrected chi connectivity index (χ2v) is 15.4. The van der Waals surface area contributed by atoms with Gasteiger partial charge in [-0.05, 0) is 72.5 Å². The van der Waals surface area contributed by atoms with Crippen LogP contribution in [0.5, 0.6) is 0 Å². The highest BCUT2D eigenvalue weighted by Crippen LogP contribution is 2.31. The van der Waals surface area contributed by atoms with Crippen LogP contribution in [0.4, 0.5) is 23.2 Å². The lowest BCUT2D eigenvalue weighted by molar-refractivity contribution is -0.116. The average molecular weight is 705 g/mol. The Morgan fingerprint density at radius 1 is 0.896 bits per heavy atom. The number of carbonyl (C=O) groups excluding carboxylic acids is 1. The van der Waals surface area contributed by atoms with Gasteiger partial charge in [0.1, 0.15) is 23.3 Å². The molecule has 9 nitrogen and oxygen atoms in total. The van der Waals surface area contributed by atoms with Crippen LogP contribution >= 0.6 is 0 Å². The fourth-order valence-corrected chi connectivity index (χ4v) is 8.01. The summed E-state index contributed by atoms with van der Waals surface area (Å²) in [6.07, 6.45) is 3.07. The third-order valence-corrected chi connectivity index (χ3v) is 11.2. The first-order chi connectivity index (χ1) is 22.7. The summed E-state index contributed by atoms with van der Waals surface area (Å²) in [5, 5.41) is 5.78. The summed E-state index contributed by atoms with van der Waals surface area (Å²) in [7, 11) is -7.58. The molecule has 0 aliphatic carbocycles. The third-order valence-electron chi connectivity index (χ3n) is 8.11. The number of benzene rings is 3. The van der Waals surface area contributed by atoms with Crippen LogP contribution in [0.2, 0.25) is 0 Å². The van der Waals surface area contributed by atoms with Gasteiger partial charge < -0.3 is 10.6 Å². The number of piperazine rings is 1. The first kappa shape index (κ1) is 35.1. The van der Waals surface area contributed by atoms with E-state index in [1.807, 2.05) is 0 Å². The molecular formula is C33H32F4N4O5S2. The SMILES string of the molecule is CS(=O)(=O)c1ccc(S(=O)(=O)N2CCNC[C@@H]2CCc2c(F)cncc2NC(=O)C[C@@H](c2ccc(F)cc2)c2cc(F)cc(F)c2)cc1. The predicted octanol–water partition coefficient (Wildman–Crippen LogP) is 4.80. The van der Waals surface area contributed by atoms with E-state index in [1.54, 1.807) is 0 Å². The van der Waals surface area contributed by atoms with Crippen molar-refractivity contribution in [2.45, 2.75) is 41.0 Å². The van der Waals surface area contributed by atoms with Gasteiger partial charge >= 0.3 is 0 Å². The lowest BCUT2D eigenvalue weighted by atomic mass is 9.88. The smallest absolute Gasteiger partial charge is 0.243 e. The quantitative estimate of drug-likeness (QED) is 0.215. The number of rotatable bonds is 11. The number of hydrogen-bond donors (Lipinski definition) is 2. The van der Waals surface area contributed by atoms with Crippen molar-refractivity contribution in [3.63, 3.8) is 0 Å². The molecule has 0 saturated carbocycles. The van der Waals surface area contributed by atoms with Crippen LogP contribution in [-0.2, 0) is 31.1 Å². The zero-order valence-electron chi connectivity index (χ0n) is 25.7. The fraction of sp³-hybridized carbons (Fsp3) is 0.273. The molecule has 4 aromatic rings. The van der Waals surface area contributed by atoms with Crippen molar-refractivity contribution in [2.24, 2.45) is 0 Å². The number of hydrogen-bond acceptors (Lipinski definition) is 7. The number of carbonyl (C=O) groups is 1. The minimum Gasteiger partial charge on any atom is -0.324 e. The van der Waals surface area contributed by atoms with Gasteiger partial charge in [0.15, 0.2) is 9.84 Å². The predicted molar refractivity (Wildman–Crippen MR) is 170 cm³/mol. The maximum atomic E-state index is 15.2. The van der Waals surface area contributed by atoms with Gasteiger partial charge in [0.05, 0.1) is 27.9 Å². The van der Waals surface area contributed by atoms with Crippen LogP contribution in [0.1, 0.15) is 35.4 Å². The lowest BCUT2D eigenvalue weighted by Crippen LogP contribution is -2.53. The van der Waals surface area contributed by atoms with E-state index >= 15 is 4.39 Å². The van der Waals surface area contributed by atoms with E-state index in [2.05, 4.69) is 15.6 Å². The Morgan fingerprint density at radius 2 is 1.54 bits per heavy atom. The normalized spacial score (nSPS) is 16.4. The van der Waals surface area contributed by atoms with Crippen LogP contribution in [0, 0.1) is 23.3 Å². The molecule has 1 fully saturated rings. The molecule has 1 amide bonds. The van der Waals surface area contributed by atoms with Gasteiger partial charge in [0.2, 0.25) is 15.9 Å². The Balaban J connectivity index is 1.34. The maximum absolute atomic E-state index is 15.2. The van der Waals surface area contributed by atoms with Crippen LogP contribution in [-0.4, -0.2) is 64.0 Å². The summed E-state index contributed by atoms with van der Waals surface area (Å²) in [6, 6.07) is 12.3. The first-order valence-electron chi connectivity index (χ1n) is 14.9. The summed E-state index contributed by atoms with van der Waals surface area (Å²) >= 11 is 0. The molecule has 254 valence electrons. The molecule has 3 aromatic carbocycles. The van der Waals surface area contributed by atoms with E-state index in [4.69, 9.17) is 0 Å². The minimum atomic E-state index is -4.05. The Morgan fingerprint density at radius 3 is 2.19 bits per heavy atom. The van der Waals surface area contributed by atoms with Crippen molar-refractivity contribution in [3.05, 3.63) is 119 Å². The molecule has 1 aromatic heterocycles. The zero-order valence-corrected chi connectivity index (χ0v) is 27.3. The number of amides is 1. The molecule has 0 radical (unpaired) electrons. The van der Waals surface area contributed by atoms with E-state index in [0.29, 0.717) is 18.2 Å². The van der Waals surface area contributed by atoms with Gasteiger partial charge in [-0.2, -0.15) is 4.31 Å². The number of pyridine rings is 1. The van der Waals surface area contributed by atoms with Crippen LogP contribution in [0.3, 0.4) is 0 Å². The van der Waals surface area contributed by atoms with Crippen molar-refractivity contribution in [2.75, 3.05) is 31.2 Å². The standard InChI is InChI=1S/C33H32F4N4O5S2/c1-47(43,44)27-7-9-28(10-8-27)48(45,46)41-13-12-38-18-26(41)6-11-29-31(37)19-39-20-32(29)40-33(42)17-30(21-2-4-23(34)5-3-21)22-14-24(35)16-25(36)15-22/h2-5,7-10,14-16,19-20,26,30,38H,6,11-13,17-18H2,1H3,(H,40,42)/t26-,30-/m0/s1. The van der Waals surface area contributed by atoms with Gasteiger partial charge in [-0.15, -0.1) is 0 Å². The molecule has 1 aliphatic heterocycles. The molecular weight excluding hydrogens is 673 g/mol. The third kappa shape index (κ3) is 8.27. The van der Waals surface area contributed by atoms with Crippen molar-refractivity contribution >= 4 is 31.5 Å². The largest absolute Gasteiger partial charge is 0.324 e. The summed E-state index contributed by atoms with van der Waals surface area (Å²) < 4.78 is 109. The monoisotopic (exact) mass is 704 g/mol. The van der Waals surface area contributed by atoms with Gasteiger partial charge in [-0.1, -0.05) is 12.1 Å². The van der Waals surface area contributed by atoms with Crippen molar-refractivity contribution in [3.8, 4) is 0 Å². The molecule has 5 rings (SSSR count). The topological polar surface area (TPSA) is 126 Å². The molecule has 1 aliphatic rings. The number of nitrogens with one attached hydrogen (secondary N) is 2. The van der Waals surface area contributed by atoms with Gasteiger partial charge in [-0.3, -0.25) is 9.78 Å². The summed E-state index contributed by atoms with van der Waals surface area (Å²) in [5.74, 6) is -4.48. The highest BCUT2D eigenvalue weighted by molar-refractivity contribution is 7.90. The molecule has 0 bridgehead atoms. The molecule has 1 saturated heterocycles. The van der Waals surface area contributed by atoms with Crippen LogP contribution in [0.15, 0.2) is 88.9 Å².